The molecule has 0 saturated carbocycles. The van der Waals surface area contributed by atoms with Gasteiger partial charge in [0.05, 0.1) is 0 Å². The maximum Gasteiger partial charge on any atom is 0.0415 e. The molecular formula is C17H26N2S. The fourth-order valence-electron chi connectivity index (χ4n) is 3.36. The molecule has 1 saturated heterocycles. The van der Waals surface area contributed by atoms with Crippen molar-refractivity contribution in [1.82, 2.24) is 10.2 Å². The quantitative estimate of drug-likeness (QED) is 0.916. The third-order valence-electron chi connectivity index (χ3n) is 4.67. The molecule has 2 nitrogen and oxygen atoms in total. The molecule has 3 heteroatoms. The lowest BCUT2D eigenvalue weighted by molar-refractivity contribution is 0.263. The van der Waals surface area contributed by atoms with Crippen molar-refractivity contribution in [2.24, 2.45) is 5.92 Å². The Morgan fingerprint density at radius 2 is 2.20 bits per heavy atom. The fraction of sp³-hybridized carbons (Fsp3) is 0.647. The number of thioether (sulfide) groups is 1. The van der Waals surface area contributed by atoms with Crippen molar-refractivity contribution >= 4 is 11.8 Å². The van der Waals surface area contributed by atoms with Gasteiger partial charge in [-0.25, -0.2) is 0 Å². The summed E-state index contributed by atoms with van der Waals surface area (Å²) in [6.45, 7) is 8.34. The number of benzene rings is 1. The monoisotopic (exact) mass is 290 g/mol. The summed E-state index contributed by atoms with van der Waals surface area (Å²) in [4.78, 5) is 2.61. The molecule has 2 atom stereocenters. The van der Waals surface area contributed by atoms with E-state index in [4.69, 9.17) is 0 Å². The summed E-state index contributed by atoms with van der Waals surface area (Å²) in [5.41, 5.74) is 3.06. The number of hydrogen-bond acceptors (Lipinski definition) is 3. The van der Waals surface area contributed by atoms with Crippen molar-refractivity contribution < 1.29 is 0 Å². The molecular weight excluding hydrogens is 264 g/mol. The van der Waals surface area contributed by atoms with Crippen LogP contribution in [-0.4, -0.2) is 36.3 Å². The number of nitrogens with one attached hydrogen (secondary N) is 1. The van der Waals surface area contributed by atoms with E-state index in [9.17, 15) is 0 Å². The highest BCUT2D eigenvalue weighted by atomic mass is 32.2. The third-order valence-corrected chi connectivity index (χ3v) is 5.76. The van der Waals surface area contributed by atoms with E-state index in [0.29, 0.717) is 12.1 Å². The molecule has 1 aromatic rings. The smallest absolute Gasteiger partial charge is 0.0415 e. The zero-order chi connectivity index (χ0) is 13.9. The highest BCUT2D eigenvalue weighted by Gasteiger charge is 2.26. The average molecular weight is 290 g/mol. The van der Waals surface area contributed by atoms with Crippen molar-refractivity contribution in [3.8, 4) is 0 Å². The van der Waals surface area contributed by atoms with Gasteiger partial charge in [0.2, 0.25) is 0 Å². The van der Waals surface area contributed by atoms with E-state index in [1.165, 1.54) is 48.7 Å². The largest absolute Gasteiger partial charge is 0.309 e. The Kier molecular flexibility index (Phi) is 4.69. The Bertz CT molecular complexity index is 446. The van der Waals surface area contributed by atoms with Gasteiger partial charge in [-0.2, -0.15) is 11.8 Å². The predicted molar refractivity (Wildman–Crippen MR) is 88.2 cm³/mol. The van der Waals surface area contributed by atoms with Crippen LogP contribution in [0.15, 0.2) is 24.3 Å². The fourth-order valence-corrected chi connectivity index (χ4v) is 4.49. The number of hydrogen-bond donors (Lipinski definition) is 1. The molecule has 0 amide bonds. The first-order valence-electron chi connectivity index (χ1n) is 7.87. The number of nitrogens with zero attached hydrogens (tertiary/aromatic N) is 1. The highest BCUT2D eigenvalue weighted by molar-refractivity contribution is 7.98. The Hall–Kier alpha value is -0.510. The Labute approximate surface area is 127 Å². The summed E-state index contributed by atoms with van der Waals surface area (Å²) in [6.07, 6.45) is 1.35. The van der Waals surface area contributed by atoms with E-state index in [1.807, 2.05) is 0 Å². The standard InChI is InChI=1S/C17H26N2S/c1-13(2)19-8-7-14(10-19)9-18-17-12-20-11-15-5-3-4-6-16(15)17/h3-6,13-14,17-18H,7-12H2,1-2H3. The van der Waals surface area contributed by atoms with E-state index < -0.39 is 0 Å². The van der Waals surface area contributed by atoms with Crippen molar-refractivity contribution in [3.63, 3.8) is 0 Å². The second kappa shape index (κ2) is 6.50. The number of fused-ring (bicyclic) bond motifs is 1. The summed E-state index contributed by atoms with van der Waals surface area (Å²) in [5, 5.41) is 3.83. The van der Waals surface area contributed by atoms with Crippen LogP contribution in [0.3, 0.4) is 0 Å². The SMILES string of the molecule is CC(C)N1CCC(CNC2CSCc3ccccc32)C1. The van der Waals surface area contributed by atoms with Gasteiger partial charge in [0.1, 0.15) is 0 Å². The summed E-state index contributed by atoms with van der Waals surface area (Å²) >= 11 is 2.06. The molecule has 2 aliphatic rings. The van der Waals surface area contributed by atoms with Gasteiger partial charge >= 0.3 is 0 Å². The molecule has 110 valence electrons. The molecule has 20 heavy (non-hydrogen) atoms. The lowest BCUT2D eigenvalue weighted by atomic mass is 10.0. The molecule has 0 radical (unpaired) electrons. The molecule has 1 aromatic carbocycles. The molecule has 0 bridgehead atoms. The van der Waals surface area contributed by atoms with E-state index in [2.05, 4.69) is 60.1 Å². The van der Waals surface area contributed by atoms with E-state index in [-0.39, 0.29) is 0 Å². The van der Waals surface area contributed by atoms with Crippen LogP contribution in [0.5, 0.6) is 0 Å². The normalized spacial score (nSPS) is 26.9. The van der Waals surface area contributed by atoms with Gasteiger partial charge in [-0.3, -0.25) is 0 Å². The van der Waals surface area contributed by atoms with Gasteiger partial charge in [-0.15, -0.1) is 0 Å². The van der Waals surface area contributed by atoms with Gasteiger partial charge in [0, 0.05) is 30.1 Å². The first-order chi connectivity index (χ1) is 9.74. The van der Waals surface area contributed by atoms with Crippen LogP contribution in [0.25, 0.3) is 0 Å². The minimum Gasteiger partial charge on any atom is -0.309 e. The molecule has 2 unspecified atom stereocenters. The Morgan fingerprint density at radius 3 is 3.00 bits per heavy atom. The van der Waals surface area contributed by atoms with Crippen LogP contribution < -0.4 is 5.32 Å². The van der Waals surface area contributed by atoms with Crippen LogP contribution in [0.1, 0.15) is 37.4 Å². The van der Waals surface area contributed by atoms with Crippen LogP contribution >= 0.6 is 11.8 Å². The summed E-state index contributed by atoms with van der Waals surface area (Å²) < 4.78 is 0. The van der Waals surface area contributed by atoms with Crippen molar-refractivity contribution in [2.75, 3.05) is 25.4 Å². The molecule has 0 aromatic heterocycles. The minimum atomic E-state index is 0.554. The first-order valence-corrected chi connectivity index (χ1v) is 9.02. The van der Waals surface area contributed by atoms with Crippen LogP contribution in [0.2, 0.25) is 0 Å². The molecule has 1 N–H and O–H groups in total. The van der Waals surface area contributed by atoms with Gasteiger partial charge in [0.25, 0.3) is 0 Å². The zero-order valence-electron chi connectivity index (χ0n) is 12.6. The van der Waals surface area contributed by atoms with Crippen LogP contribution in [0, 0.1) is 5.92 Å². The second-order valence-electron chi connectivity index (χ2n) is 6.42. The van der Waals surface area contributed by atoms with Gasteiger partial charge in [-0.05, 0) is 50.4 Å². The topological polar surface area (TPSA) is 15.3 Å². The predicted octanol–water partition coefficient (Wildman–Crippen LogP) is 3.29. The highest BCUT2D eigenvalue weighted by Crippen LogP contribution is 2.31. The maximum atomic E-state index is 3.83. The van der Waals surface area contributed by atoms with Crippen molar-refractivity contribution in [1.29, 1.82) is 0 Å². The molecule has 0 spiro atoms. The third kappa shape index (κ3) is 3.21. The van der Waals surface area contributed by atoms with Crippen molar-refractivity contribution in [3.05, 3.63) is 35.4 Å². The van der Waals surface area contributed by atoms with Crippen LogP contribution in [0.4, 0.5) is 0 Å². The summed E-state index contributed by atoms with van der Waals surface area (Å²) in [7, 11) is 0. The molecule has 3 rings (SSSR count). The van der Waals surface area contributed by atoms with E-state index in [1.54, 1.807) is 0 Å². The zero-order valence-corrected chi connectivity index (χ0v) is 13.5. The molecule has 0 aliphatic carbocycles. The molecule has 1 fully saturated rings. The van der Waals surface area contributed by atoms with Gasteiger partial charge < -0.3 is 10.2 Å². The average Bonchev–Trinajstić information content (AvgIpc) is 2.94. The summed E-state index contributed by atoms with van der Waals surface area (Å²) in [5.74, 6) is 3.23. The number of likely N-dealkylation sites (tertiary alicyclic amines) is 1. The molecule has 2 aliphatic heterocycles. The first kappa shape index (κ1) is 14.4. The lowest BCUT2D eigenvalue weighted by Gasteiger charge is -2.27. The summed E-state index contributed by atoms with van der Waals surface area (Å²) in [6, 6.07) is 10.2. The maximum absolute atomic E-state index is 3.83. The lowest BCUT2D eigenvalue weighted by Crippen LogP contribution is -2.33. The second-order valence-corrected chi connectivity index (χ2v) is 7.45. The molecule has 2 heterocycles. The van der Waals surface area contributed by atoms with Crippen LogP contribution in [-0.2, 0) is 5.75 Å². The van der Waals surface area contributed by atoms with Gasteiger partial charge in [0.15, 0.2) is 0 Å². The Morgan fingerprint density at radius 1 is 1.35 bits per heavy atom. The van der Waals surface area contributed by atoms with E-state index >= 15 is 0 Å². The Balaban J connectivity index is 1.55. The minimum absolute atomic E-state index is 0.554. The van der Waals surface area contributed by atoms with E-state index in [0.717, 1.165) is 5.92 Å². The van der Waals surface area contributed by atoms with Crippen molar-refractivity contribution in [2.45, 2.75) is 38.1 Å². The van der Waals surface area contributed by atoms with Gasteiger partial charge in [-0.1, -0.05) is 24.3 Å². The number of rotatable bonds is 4.